The van der Waals surface area contributed by atoms with Gasteiger partial charge in [-0.05, 0) is 112 Å². The first-order valence-corrected chi connectivity index (χ1v) is 18.6. The minimum absolute atomic E-state index is 0.0413. The van der Waals surface area contributed by atoms with Crippen LogP contribution in [0.5, 0.6) is 5.75 Å². The third kappa shape index (κ3) is 9.95. The number of halogens is 1. The van der Waals surface area contributed by atoms with E-state index in [9.17, 15) is 18.0 Å². The lowest BCUT2D eigenvalue weighted by atomic mass is 9.70. The molecular formula is C35H47ClN4O6S. The topological polar surface area (TPSA) is 117 Å². The van der Waals surface area contributed by atoms with Crippen molar-refractivity contribution in [2.24, 2.45) is 11.8 Å². The van der Waals surface area contributed by atoms with Crippen molar-refractivity contribution in [2.45, 2.75) is 57.7 Å². The van der Waals surface area contributed by atoms with E-state index in [1.165, 1.54) is 0 Å². The van der Waals surface area contributed by atoms with Gasteiger partial charge in [-0.15, -0.1) is 0 Å². The zero-order valence-electron chi connectivity index (χ0n) is 27.4. The van der Waals surface area contributed by atoms with Crippen LogP contribution >= 0.6 is 11.6 Å². The summed E-state index contributed by atoms with van der Waals surface area (Å²) in [5.41, 5.74) is 3.25. The number of carbonyl (C=O) groups excluding carboxylic acids is 2. The number of amides is 2. The average Bonchev–Trinajstić information content (AvgIpc) is 3.03. The summed E-state index contributed by atoms with van der Waals surface area (Å²) in [6.07, 6.45) is 9.23. The zero-order chi connectivity index (χ0) is 33.4. The Morgan fingerprint density at radius 1 is 1.13 bits per heavy atom. The lowest BCUT2D eigenvalue weighted by molar-refractivity contribution is -0.129. The molecule has 12 heteroatoms. The first-order chi connectivity index (χ1) is 22.6. The van der Waals surface area contributed by atoms with Crippen molar-refractivity contribution in [2.75, 3.05) is 57.5 Å². The van der Waals surface area contributed by atoms with E-state index in [4.69, 9.17) is 21.1 Å². The first-order valence-electron chi connectivity index (χ1n) is 16.6. The number of likely N-dealkylation sites (N-methyl/N-ethyl adjacent to an activating group) is 1. The van der Waals surface area contributed by atoms with Crippen LogP contribution in [0.15, 0.2) is 48.6 Å². The summed E-state index contributed by atoms with van der Waals surface area (Å²) in [6.45, 7) is 3.03. The van der Waals surface area contributed by atoms with Crippen LogP contribution in [0.4, 0.5) is 5.69 Å². The van der Waals surface area contributed by atoms with Crippen LogP contribution in [-0.2, 0) is 32.6 Å². The minimum Gasteiger partial charge on any atom is -0.487 e. The van der Waals surface area contributed by atoms with Gasteiger partial charge < -0.3 is 24.6 Å². The van der Waals surface area contributed by atoms with Gasteiger partial charge in [0, 0.05) is 36.8 Å². The Kier molecular flexibility index (Phi) is 12.2. The van der Waals surface area contributed by atoms with E-state index in [0.717, 1.165) is 62.0 Å². The van der Waals surface area contributed by atoms with Crippen molar-refractivity contribution >= 4 is 39.1 Å². The van der Waals surface area contributed by atoms with Crippen LogP contribution in [-0.4, -0.2) is 83.9 Å². The van der Waals surface area contributed by atoms with Gasteiger partial charge in [-0.3, -0.25) is 9.59 Å². The first kappa shape index (κ1) is 35.2. The van der Waals surface area contributed by atoms with Crippen LogP contribution in [0.2, 0.25) is 5.02 Å². The maximum absolute atomic E-state index is 13.2. The molecule has 0 spiro atoms. The lowest BCUT2D eigenvalue weighted by Crippen LogP contribution is -2.45. The van der Waals surface area contributed by atoms with Crippen LogP contribution < -0.4 is 19.7 Å². The summed E-state index contributed by atoms with van der Waals surface area (Å²) >= 11 is 6.33. The largest absolute Gasteiger partial charge is 0.487 e. The molecule has 2 aliphatic heterocycles. The number of nitrogens with one attached hydrogen (secondary N) is 2. The Morgan fingerprint density at radius 2 is 1.98 bits per heavy atom. The highest BCUT2D eigenvalue weighted by Crippen LogP contribution is 2.41. The molecule has 5 rings (SSSR count). The van der Waals surface area contributed by atoms with Crippen molar-refractivity contribution in [3.63, 3.8) is 0 Å². The standard InChI is InChI=1S/C35H47ClN4O6S/c1-39(2)18-16-37-34(41)24-46-32-9-4-3-7-19-47(43,44)38-35(42)26-12-15-33-31(21-26)40(22-27-11-14-30(27)32)17-6-5-8-25-20-29(36)13-10-28(25)23-45-33/h4,9-10,12-13,15,20-21,27,30,32H,3,5-8,11,14,16-19,22-24H2,1-2H3,(H,37,41)(H,38,42)/b9-4+/t27?,30?,32-/m1/s1. The number of hydrogen-bond donors (Lipinski definition) is 2. The molecule has 10 nitrogen and oxygen atoms in total. The maximum atomic E-state index is 13.2. The van der Waals surface area contributed by atoms with E-state index in [-0.39, 0.29) is 35.9 Å². The van der Waals surface area contributed by atoms with Gasteiger partial charge in [0.2, 0.25) is 15.9 Å². The molecule has 2 aromatic carbocycles. The number of sulfonamides is 1. The summed E-state index contributed by atoms with van der Waals surface area (Å²) < 4.78 is 40.6. The molecule has 2 bridgehead atoms. The van der Waals surface area contributed by atoms with E-state index in [0.29, 0.717) is 49.2 Å². The molecule has 0 radical (unpaired) electrons. The van der Waals surface area contributed by atoms with Crippen molar-refractivity contribution < 1.29 is 27.5 Å². The average molecular weight is 687 g/mol. The number of aryl methyl sites for hydroxylation is 1. The molecule has 2 heterocycles. The number of carbonyl (C=O) groups is 2. The fourth-order valence-corrected chi connectivity index (χ4v) is 7.70. The third-order valence-electron chi connectivity index (χ3n) is 9.24. The molecule has 256 valence electrons. The molecule has 2 N–H and O–H groups in total. The van der Waals surface area contributed by atoms with E-state index in [1.807, 2.05) is 49.3 Å². The normalized spacial score (nSPS) is 24.0. The second-order valence-corrected chi connectivity index (χ2v) is 15.3. The lowest BCUT2D eigenvalue weighted by Gasteiger charge is -2.44. The van der Waals surface area contributed by atoms with Gasteiger partial charge in [0.25, 0.3) is 5.91 Å². The molecule has 47 heavy (non-hydrogen) atoms. The van der Waals surface area contributed by atoms with Gasteiger partial charge in [0.05, 0.1) is 17.5 Å². The molecule has 1 aliphatic carbocycles. The Morgan fingerprint density at radius 3 is 2.77 bits per heavy atom. The number of nitrogens with zero attached hydrogens (tertiary/aromatic N) is 2. The number of allylic oxidation sites excluding steroid dienone is 1. The van der Waals surface area contributed by atoms with Gasteiger partial charge in [0.15, 0.2) is 0 Å². The van der Waals surface area contributed by atoms with E-state index >= 15 is 0 Å². The molecule has 3 aliphatic rings. The molecular weight excluding hydrogens is 640 g/mol. The van der Waals surface area contributed by atoms with Crippen LogP contribution in [0.25, 0.3) is 0 Å². The van der Waals surface area contributed by atoms with Gasteiger partial charge in [0.1, 0.15) is 19.0 Å². The van der Waals surface area contributed by atoms with Crippen LogP contribution in [0.3, 0.4) is 0 Å². The summed E-state index contributed by atoms with van der Waals surface area (Å²) in [5, 5.41) is 3.62. The molecule has 2 unspecified atom stereocenters. The second kappa shape index (κ2) is 16.3. The molecule has 2 aromatic rings. The Labute approximate surface area is 283 Å². The quantitative estimate of drug-likeness (QED) is 0.425. The SMILES string of the molecule is CN(C)CCNC(=O)CO[C@@H]1/C=C/CCCS(=O)(=O)NC(=O)c2ccc3c(c2)N(CCCCc2cc(Cl)ccc2CO3)CC2CCC21. The highest BCUT2D eigenvalue weighted by atomic mass is 35.5. The van der Waals surface area contributed by atoms with Gasteiger partial charge in [-0.1, -0.05) is 29.8 Å². The summed E-state index contributed by atoms with van der Waals surface area (Å²) in [4.78, 5) is 30.1. The third-order valence-corrected chi connectivity index (χ3v) is 10.8. The van der Waals surface area contributed by atoms with Gasteiger partial charge >= 0.3 is 0 Å². The Hall–Kier alpha value is -3.12. The summed E-state index contributed by atoms with van der Waals surface area (Å²) in [5.74, 6) is 0.130. The molecule has 3 atom stereocenters. The minimum atomic E-state index is -3.84. The Bertz CT molecular complexity index is 1550. The number of ether oxygens (including phenoxy) is 2. The summed E-state index contributed by atoms with van der Waals surface area (Å²) in [6, 6.07) is 11.0. The number of rotatable bonds is 6. The maximum Gasteiger partial charge on any atom is 0.264 e. The molecule has 0 aromatic heterocycles. The predicted molar refractivity (Wildman–Crippen MR) is 185 cm³/mol. The number of anilines is 1. The monoisotopic (exact) mass is 686 g/mol. The smallest absolute Gasteiger partial charge is 0.264 e. The van der Waals surface area contributed by atoms with E-state index in [2.05, 4.69) is 14.9 Å². The number of benzene rings is 2. The van der Waals surface area contributed by atoms with Crippen LogP contribution in [0.1, 0.15) is 60.0 Å². The van der Waals surface area contributed by atoms with Crippen molar-refractivity contribution in [1.82, 2.24) is 14.9 Å². The molecule has 1 saturated carbocycles. The fourth-order valence-electron chi connectivity index (χ4n) is 6.45. The van der Waals surface area contributed by atoms with Crippen molar-refractivity contribution in [3.05, 3.63) is 70.3 Å². The Balaban J connectivity index is 1.43. The predicted octanol–water partition coefficient (Wildman–Crippen LogP) is 4.56. The highest BCUT2D eigenvalue weighted by Gasteiger charge is 2.38. The van der Waals surface area contributed by atoms with E-state index in [1.54, 1.807) is 18.2 Å². The molecule has 1 fully saturated rings. The van der Waals surface area contributed by atoms with Crippen LogP contribution in [0, 0.1) is 11.8 Å². The van der Waals surface area contributed by atoms with Gasteiger partial charge in [-0.2, -0.15) is 0 Å². The second-order valence-electron chi connectivity index (χ2n) is 13.0. The highest BCUT2D eigenvalue weighted by molar-refractivity contribution is 7.90. The molecule has 2 amide bonds. The van der Waals surface area contributed by atoms with Crippen molar-refractivity contribution in [1.29, 1.82) is 0 Å². The number of hydrogen-bond acceptors (Lipinski definition) is 8. The number of fused-ring (bicyclic) bond motifs is 3. The van der Waals surface area contributed by atoms with Crippen molar-refractivity contribution in [3.8, 4) is 5.75 Å². The summed E-state index contributed by atoms with van der Waals surface area (Å²) in [7, 11) is 0.0722. The molecule has 0 saturated heterocycles. The zero-order valence-corrected chi connectivity index (χ0v) is 29.0. The fraction of sp³-hybridized carbons (Fsp3) is 0.543. The van der Waals surface area contributed by atoms with E-state index < -0.39 is 15.9 Å². The van der Waals surface area contributed by atoms with Gasteiger partial charge in [-0.25, -0.2) is 13.1 Å².